The van der Waals surface area contributed by atoms with Crippen molar-refractivity contribution in [3.8, 4) is 0 Å². The SMILES string of the molecule is CC(C)N(C(=O)c1cccnc1Cl)C(C)C. The molecular weight excluding hydrogens is 224 g/mol. The van der Waals surface area contributed by atoms with E-state index >= 15 is 0 Å². The average Bonchev–Trinajstić information content (AvgIpc) is 2.16. The van der Waals surface area contributed by atoms with Gasteiger partial charge in [-0.05, 0) is 39.8 Å². The molecule has 0 aliphatic rings. The highest BCUT2D eigenvalue weighted by molar-refractivity contribution is 6.32. The summed E-state index contributed by atoms with van der Waals surface area (Å²) in [5, 5.41) is 0.263. The number of pyridine rings is 1. The van der Waals surface area contributed by atoms with Crippen LogP contribution >= 0.6 is 11.6 Å². The minimum atomic E-state index is -0.0666. The predicted molar refractivity (Wildman–Crippen MR) is 65.7 cm³/mol. The number of hydrogen-bond acceptors (Lipinski definition) is 2. The van der Waals surface area contributed by atoms with Gasteiger partial charge in [0.1, 0.15) is 5.15 Å². The van der Waals surface area contributed by atoms with Crippen molar-refractivity contribution in [1.29, 1.82) is 0 Å². The third-order valence-electron chi connectivity index (χ3n) is 2.34. The summed E-state index contributed by atoms with van der Waals surface area (Å²) >= 11 is 5.91. The van der Waals surface area contributed by atoms with Gasteiger partial charge in [-0.2, -0.15) is 0 Å². The second-order valence-corrected chi connectivity index (χ2v) is 4.60. The lowest BCUT2D eigenvalue weighted by atomic mass is 10.1. The van der Waals surface area contributed by atoms with Crippen LogP contribution in [0.5, 0.6) is 0 Å². The molecule has 16 heavy (non-hydrogen) atoms. The van der Waals surface area contributed by atoms with Crippen LogP contribution in [0.3, 0.4) is 0 Å². The zero-order chi connectivity index (χ0) is 12.3. The number of amides is 1. The standard InChI is InChI=1S/C12H17ClN2O/c1-8(2)15(9(3)4)12(16)10-6-5-7-14-11(10)13/h5-9H,1-4H3. The number of hydrogen-bond donors (Lipinski definition) is 0. The van der Waals surface area contributed by atoms with Crippen LogP contribution in [-0.2, 0) is 0 Å². The van der Waals surface area contributed by atoms with E-state index in [9.17, 15) is 4.79 Å². The molecule has 1 aromatic rings. The van der Waals surface area contributed by atoms with Gasteiger partial charge in [-0.15, -0.1) is 0 Å². The number of aromatic nitrogens is 1. The summed E-state index contributed by atoms with van der Waals surface area (Å²) in [6.07, 6.45) is 1.58. The van der Waals surface area contributed by atoms with Gasteiger partial charge in [-0.1, -0.05) is 11.6 Å². The molecule has 4 heteroatoms. The van der Waals surface area contributed by atoms with Crippen molar-refractivity contribution >= 4 is 17.5 Å². The Morgan fingerprint density at radius 3 is 2.31 bits per heavy atom. The van der Waals surface area contributed by atoms with Crippen LogP contribution in [0.2, 0.25) is 5.15 Å². The van der Waals surface area contributed by atoms with Crippen molar-refractivity contribution in [1.82, 2.24) is 9.88 Å². The largest absolute Gasteiger partial charge is 0.334 e. The Kier molecular flexibility index (Phi) is 4.30. The lowest BCUT2D eigenvalue weighted by Gasteiger charge is -2.30. The Morgan fingerprint density at radius 2 is 1.88 bits per heavy atom. The zero-order valence-corrected chi connectivity index (χ0v) is 10.8. The van der Waals surface area contributed by atoms with E-state index in [4.69, 9.17) is 11.6 Å². The van der Waals surface area contributed by atoms with Crippen LogP contribution in [0.4, 0.5) is 0 Å². The Morgan fingerprint density at radius 1 is 1.31 bits per heavy atom. The second kappa shape index (κ2) is 5.30. The molecule has 0 unspecified atom stereocenters. The van der Waals surface area contributed by atoms with E-state index in [0.29, 0.717) is 5.56 Å². The van der Waals surface area contributed by atoms with Gasteiger partial charge < -0.3 is 4.90 Å². The van der Waals surface area contributed by atoms with Crippen molar-refractivity contribution < 1.29 is 4.79 Å². The molecule has 0 aliphatic carbocycles. The molecule has 0 bridgehead atoms. The average molecular weight is 241 g/mol. The van der Waals surface area contributed by atoms with Gasteiger partial charge >= 0.3 is 0 Å². The van der Waals surface area contributed by atoms with Crippen molar-refractivity contribution in [2.75, 3.05) is 0 Å². The molecule has 1 rings (SSSR count). The third kappa shape index (κ3) is 2.73. The lowest BCUT2D eigenvalue weighted by molar-refractivity contribution is 0.0643. The number of carbonyl (C=O) groups excluding carboxylic acids is 1. The first-order valence-corrected chi connectivity index (χ1v) is 5.76. The maximum Gasteiger partial charge on any atom is 0.257 e. The molecule has 0 radical (unpaired) electrons. The topological polar surface area (TPSA) is 33.2 Å². The van der Waals surface area contributed by atoms with Crippen LogP contribution < -0.4 is 0 Å². The Hall–Kier alpha value is -1.09. The van der Waals surface area contributed by atoms with Gasteiger partial charge in [0, 0.05) is 18.3 Å². The highest BCUT2D eigenvalue weighted by Gasteiger charge is 2.23. The molecule has 1 aromatic heterocycles. The van der Waals surface area contributed by atoms with Crippen LogP contribution in [-0.4, -0.2) is 27.9 Å². The molecule has 0 saturated carbocycles. The van der Waals surface area contributed by atoms with Crippen LogP contribution in [0.25, 0.3) is 0 Å². The fourth-order valence-electron chi connectivity index (χ4n) is 1.75. The van der Waals surface area contributed by atoms with Crippen LogP contribution in [0.15, 0.2) is 18.3 Å². The molecular formula is C12H17ClN2O. The van der Waals surface area contributed by atoms with E-state index in [1.165, 1.54) is 0 Å². The van der Waals surface area contributed by atoms with E-state index in [0.717, 1.165) is 0 Å². The summed E-state index contributed by atoms with van der Waals surface area (Å²) in [7, 11) is 0. The van der Waals surface area contributed by atoms with Crippen LogP contribution in [0, 0.1) is 0 Å². The van der Waals surface area contributed by atoms with Crippen molar-refractivity contribution in [3.05, 3.63) is 29.0 Å². The Labute approximate surface area is 101 Å². The minimum absolute atomic E-state index is 0.0666. The third-order valence-corrected chi connectivity index (χ3v) is 2.64. The lowest BCUT2D eigenvalue weighted by Crippen LogP contribution is -2.42. The summed E-state index contributed by atoms with van der Waals surface area (Å²) in [6, 6.07) is 3.71. The summed E-state index contributed by atoms with van der Waals surface area (Å²) in [6.45, 7) is 7.95. The highest BCUT2D eigenvalue weighted by Crippen LogP contribution is 2.17. The first-order chi connectivity index (χ1) is 7.45. The molecule has 0 saturated heterocycles. The smallest absolute Gasteiger partial charge is 0.257 e. The van der Waals surface area contributed by atoms with Gasteiger partial charge in [0.2, 0.25) is 0 Å². The first kappa shape index (κ1) is 13.0. The van der Waals surface area contributed by atoms with Gasteiger partial charge in [0.25, 0.3) is 5.91 Å². The summed E-state index contributed by atoms with van der Waals surface area (Å²) in [4.78, 5) is 18.0. The van der Waals surface area contributed by atoms with Gasteiger partial charge in [0.15, 0.2) is 0 Å². The maximum atomic E-state index is 12.3. The van der Waals surface area contributed by atoms with Crippen molar-refractivity contribution in [2.45, 2.75) is 39.8 Å². The van der Waals surface area contributed by atoms with E-state index in [2.05, 4.69) is 4.98 Å². The molecule has 1 amide bonds. The van der Waals surface area contributed by atoms with E-state index in [-0.39, 0.29) is 23.1 Å². The van der Waals surface area contributed by atoms with E-state index < -0.39 is 0 Å². The number of nitrogens with zero attached hydrogens (tertiary/aromatic N) is 2. The van der Waals surface area contributed by atoms with E-state index in [1.807, 2.05) is 27.7 Å². The number of rotatable bonds is 3. The number of halogens is 1. The molecule has 3 nitrogen and oxygen atoms in total. The van der Waals surface area contributed by atoms with Gasteiger partial charge in [-0.25, -0.2) is 4.98 Å². The molecule has 0 spiro atoms. The quantitative estimate of drug-likeness (QED) is 0.761. The summed E-state index contributed by atoms with van der Waals surface area (Å²) in [5.41, 5.74) is 0.464. The fraction of sp³-hybridized carbons (Fsp3) is 0.500. The molecule has 0 N–H and O–H groups in total. The summed E-state index contributed by atoms with van der Waals surface area (Å²) < 4.78 is 0. The maximum absolute atomic E-state index is 12.3. The zero-order valence-electron chi connectivity index (χ0n) is 10.1. The number of carbonyl (C=O) groups is 1. The first-order valence-electron chi connectivity index (χ1n) is 5.38. The Bertz CT molecular complexity index is 369. The van der Waals surface area contributed by atoms with E-state index in [1.54, 1.807) is 23.2 Å². The highest BCUT2D eigenvalue weighted by atomic mass is 35.5. The minimum Gasteiger partial charge on any atom is -0.334 e. The van der Waals surface area contributed by atoms with Gasteiger partial charge in [0.05, 0.1) is 5.56 Å². The normalized spacial score (nSPS) is 10.9. The molecule has 1 heterocycles. The molecule has 0 fully saturated rings. The fourth-order valence-corrected chi connectivity index (χ4v) is 1.95. The molecule has 88 valence electrons. The second-order valence-electron chi connectivity index (χ2n) is 4.24. The van der Waals surface area contributed by atoms with Crippen molar-refractivity contribution in [2.24, 2.45) is 0 Å². The Balaban J connectivity index is 3.05. The van der Waals surface area contributed by atoms with Crippen molar-refractivity contribution in [3.63, 3.8) is 0 Å². The van der Waals surface area contributed by atoms with Gasteiger partial charge in [-0.3, -0.25) is 4.79 Å². The predicted octanol–water partition coefficient (Wildman–Crippen LogP) is 2.99. The molecule has 0 atom stereocenters. The van der Waals surface area contributed by atoms with Crippen LogP contribution in [0.1, 0.15) is 38.1 Å². The molecule has 0 aromatic carbocycles. The summed E-state index contributed by atoms with van der Waals surface area (Å²) in [5.74, 6) is -0.0666. The molecule has 0 aliphatic heterocycles. The monoisotopic (exact) mass is 240 g/mol.